The minimum Gasteiger partial charge on any atom is -0.490 e. The molecule has 1 aromatic carbocycles. The maximum atomic E-state index is 12.4. The standard InChI is InChI=1S/C18H22N4O4/c1-11-6-5-7-12(2)15(11)26-9-13(23)8-22-10-19-16-14(22)17(24)21(4)18(25)20(16)3/h5-7,10,13,23H,8-9H2,1-4H3/t13-/m0/s1. The van der Waals surface area contributed by atoms with Crippen molar-refractivity contribution in [2.24, 2.45) is 14.1 Å². The molecule has 0 unspecified atom stereocenters. The van der Waals surface area contributed by atoms with Crippen LogP contribution in [0, 0.1) is 13.8 Å². The largest absolute Gasteiger partial charge is 0.490 e. The molecule has 3 aromatic rings. The number of nitrogens with zero attached hydrogens (tertiary/aromatic N) is 4. The van der Waals surface area contributed by atoms with Gasteiger partial charge in [-0.15, -0.1) is 0 Å². The number of aromatic nitrogens is 4. The zero-order chi connectivity index (χ0) is 19.0. The summed E-state index contributed by atoms with van der Waals surface area (Å²) in [5, 5.41) is 10.4. The van der Waals surface area contributed by atoms with Gasteiger partial charge in [-0.3, -0.25) is 13.9 Å². The second-order valence-corrected chi connectivity index (χ2v) is 6.46. The Hall–Kier alpha value is -2.87. The highest BCUT2D eigenvalue weighted by atomic mass is 16.5. The summed E-state index contributed by atoms with van der Waals surface area (Å²) in [5.41, 5.74) is 1.68. The van der Waals surface area contributed by atoms with E-state index in [1.165, 1.54) is 17.9 Å². The SMILES string of the molecule is Cc1cccc(C)c1OC[C@@H](O)Cn1cnc2c1c(=O)n(C)c(=O)n2C. The minimum absolute atomic E-state index is 0.0808. The Balaban J connectivity index is 1.83. The van der Waals surface area contributed by atoms with Crippen molar-refractivity contribution in [1.29, 1.82) is 0 Å². The molecule has 2 aromatic heterocycles. The molecule has 1 atom stereocenters. The summed E-state index contributed by atoms with van der Waals surface area (Å²) in [4.78, 5) is 28.5. The monoisotopic (exact) mass is 358 g/mol. The molecule has 0 saturated heterocycles. The average molecular weight is 358 g/mol. The molecule has 2 heterocycles. The molecule has 0 aliphatic heterocycles. The molecule has 8 heteroatoms. The van der Waals surface area contributed by atoms with Crippen LogP contribution >= 0.6 is 0 Å². The third-order valence-corrected chi connectivity index (χ3v) is 4.45. The zero-order valence-electron chi connectivity index (χ0n) is 15.3. The van der Waals surface area contributed by atoms with Crippen molar-refractivity contribution in [2.75, 3.05) is 6.61 Å². The second-order valence-electron chi connectivity index (χ2n) is 6.46. The lowest BCUT2D eigenvalue weighted by Crippen LogP contribution is -2.38. The molecule has 0 aliphatic carbocycles. The maximum Gasteiger partial charge on any atom is 0.332 e. The van der Waals surface area contributed by atoms with Crippen LogP contribution in [0.5, 0.6) is 5.75 Å². The Morgan fingerprint density at radius 1 is 1.15 bits per heavy atom. The van der Waals surface area contributed by atoms with Gasteiger partial charge in [0.05, 0.1) is 12.9 Å². The van der Waals surface area contributed by atoms with Crippen molar-refractivity contribution < 1.29 is 9.84 Å². The highest BCUT2D eigenvalue weighted by Gasteiger charge is 2.17. The first-order chi connectivity index (χ1) is 12.3. The van der Waals surface area contributed by atoms with Crippen LogP contribution in [0.1, 0.15) is 11.1 Å². The number of para-hydroxylation sites is 1. The van der Waals surface area contributed by atoms with E-state index < -0.39 is 17.4 Å². The molecule has 0 spiro atoms. The molecule has 0 bridgehead atoms. The first kappa shape index (κ1) is 17.9. The topological polar surface area (TPSA) is 91.3 Å². The lowest BCUT2D eigenvalue weighted by atomic mass is 10.1. The van der Waals surface area contributed by atoms with Crippen LogP contribution in [0.2, 0.25) is 0 Å². The van der Waals surface area contributed by atoms with Crippen molar-refractivity contribution in [1.82, 2.24) is 18.7 Å². The van der Waals surface area contributed by atoms with E-state index in [1.54, 1.807) is 11.6 Å². The van der Waals surface area contributed by atoms with E-state index in [4.69, 9.17) is 4.74 Å². The summed E-state index contributed by atoms with van der Waals surface area (Å²) in [6, 6.07) is 5.84. The van der Waals surface area contributed by atoms with Gasteiger partial charge in [-0.2, -0.15) is 0 Å². The predicted octanol–water partition coefficient (Wildman–Crippen LogP) is 0.490. The quantitative estimate of drug-likeness (QED) is 0.717. The molecule has 0 amide bonds. The Labute approximate surface area is 149 Å². The highest BCUT2D eigenvalue weighted by Crippen LogP contribution is 2.22. The van der Waals surface area contributed by atoms with Crippen LogP contribution in [-0.2, 0) is 20.6 Å². The van der Waals surface area contributed by atoms with Crippen LogP contribution in [0.4, 0.5) is 0 Å². The van der Waals surface area contributed by atoms with Crippen LogP contribution in [-0.4, -0.2) is 36.5 Å². The number of hydrogen-bond acceptors (Lipinski definition) is 5. The maximum absolute atomic E-state index is 12.4. The van der Waals surface area contributed by atoms with E-state index in [2.05, 4.69) is 4.98 Å². The third kappa shape index (κ3) is 3.03. The van der Waals surface area contributed by atoms with Gasteiger partial charge in [-0.25, -0.2) is 9.78 Å². The first-order valence-electron chi connectivity index (χ1n) is 8.29. The summed E-state index contributed by atoms with van der Waals surface area (Å²) in [6.45, 7) is 4.11. The van der Waals surface area contributed by atoms with Crippen LogP contribution in [0.15, 0.2) is 34.1 Å². The van der Waals surface area contributed by atoms with Gasteiger partial charge in [-0.05, 0) is 25.0 Å². The van der Waals surface area contributed by atoms with E-state index in [1.807, 2.05) is 32.0 Å². The van der Waals surface area contributed by atoms with Gasteiger partial charge in [0.25, 0.3) is 5.56 Å². The number of fused-ring (bicyclic) bond motifs is 1. The third-order valence-electron chi connectivity index (χ3n) is 4.45. The van der Waals surface area contributed by atoms with Gasteiger partial charge in [0.15, 0.2) is 11.2 Å². The van der Waals surface area contributed by atoms with E-state index in [0.717, 1.165) is 21.4 Å². The average Bonchev–Trinajstić information content (AvgIpc) is 3.01. The number of aryl methyl sites for hydroxylation is 3. The lowest BCUT2D eigenvalue weighted by molar-refractivity contribution is 0.0927. The van der Waals surface area contributed by atoms with Gasteiger partial charge in [-0.1, -0.05) is 18.2 Å². The van der Waals surface area contributed by atoms with Gasteiger partial charge < -0.3 is 14.4 Å². The number of hydrogen-bond donors (Lipinski definition) is 1. The summed E-state index contributed by atoms with van der Waals surface area (Å²) in [6.07, 6.45) is 0.613. The number of ether oxygens (including phenoxy) is 1. The predicted molar refractivity (Wildman–Crippen MR) is 97.6 cm³/mol. The van der Waals surface area contributed by atoms with Gasteiger partial charge in [0.1, 0.15) is 18.5 Å². The molecule has 0 fully saturated rings. The van der Waals surface area contributed by atoms with E-state index in [0.29, 0.717) is 5.65 Å². The van der Waals surface area contributed by atoms with E-state index in [9.17, 15) is 14.7 Å². The molecule has 0 radical (unpaired) electrons. The number of rotatable bonds is 5. The van der Waals surface area contributed by atoms with Gasteiger partial charge >= 0.3 is 5.69 Å². The Morgan fingerprint density at radius 2 is 1.81 bits per heavy atom. The summed E-state index contributed by atoms with van der Waals surface area (Å²) in [7, 11) is 2.98. The summed E-state index contributed by atoms with van der Waals surface area (Å²) >= 11 is 0. The minimum atomic E-state index is -0.839. The van der Waals surface area contributed by atoms with Crippen molar-refractivity contribution in [3.8, 4) is 5.75 Å². The Bertz CT molecular complexity index is 1060. The van der Waals surface area contributed by atoms with Gasteiger partial charge in [0.2, 0.25) is 0 Å². The number of benzene rings is 1. The molecule has 8 nitrogen and oxygen atoms in total. The van der Waals surface area contributed by atoms with Crippen molar-refractivity contribution >= 4 is 11.2 Å². The van der Waals surface area contributed by atoms with E-state index in [-0.39, 0.29) is 18.7 Å². The number of imidazole rings is 1. The van der Waals surface area contributed by atoms with Crippen LogP contribution < -0.4 is 16.0 Å². The van der Waals surface area contributed by atoms with E-state index >= 15 is 0 Å². The Kier molecular flexibility index (Phi) is 4.69. The highest BCUT2D eigenvalue weighted by molar-refractivity contribution is 5.69. The number of aliphatic hydroxyl groups is 1. The van der Waals surface area contributed by atoms with Crippen molar-refractivity contribution in [3.05, 3.63) is 56.5 Å². The number of aliphatic hydroxyl groups excluding tert-OH is 1. The molecule has 1 N–H and O–H groups in total. The van der Waals surface area contributed by atoms with Crippen LogP contribution in [0.25, 0.3) is 11.2 Å². The fourth-order valence-electron chi connectivity index (χ4n) is 3.02. The smallest absolute Gasteiger partial charge is 0.332 e. The molecule has 26 heavy (non-hydrogen) atoms. The normalized spacial score (nSPS) is 12.5. The fourth-order valence-corrected chi connectivity index (χ4v) is 3.02. The second kappa shape index (κ2) is 6.80. The van der Waals surface area contributed by atoms with Gasteiger partial charge in [0, 0.05) is 14.1 Å². The molecule has 138 valence electrons. The molecule has 0 aliphatic rings. The zero-order valence-corrected chi connectivity index (χ0v) is 15.3. The molecular formula is C18H22N4O4. The first-order valence-corrected chi connectivity index (χ1v) is 8.29. The molecule has 3 rings (SSSR count). The summed E-state index contributed by atoms with van der Waals surface area (Å²) < 4.78 is 9.66. The molecular weight excluding hydrogens is 336 g/mol. The Morgan fingerprint density at radius 3 is 2.46 bits per heavy atom. The lowest BCUT2D eigenvalue weighted by Gasteiger charge is -2.16. The fraction of sp³-hybridized carbons (Fsp3) is 0.389. The molecule has 0 saturated carbocycles. The summed E-state index contributed by atoms with van der Waals surface area (Å²) in [5.74, 6) is 0.750. The van der Waals surface area contributed by atoms with Crippen molar-refractivity contribution in [2.45, 2.75) is 26.5 Å². The van der Waals surface area contributed by atoms with Crippen molar-refractivity contribution in [3.63, 3.8) is 0 Å². The van der Waals surface area contributed by atoms with Crippen LogP contribution in [0.3, 0.4) is 0 Å².